The third-order valence-electron chi connectivity index (χ3n) is 7.98. The highest BCUT2D eigenvalue weighted by Crippen LogP contribution is 2.41. The van der Waals surface area contributed by atoms with Crippen LogP contribution in [0, 0.1) is 11.8 Å². The maximum Gasteiger partial charge on any atom is 0.177 e. The smallest absolute Gasteiger partial charge is 0.177 e. The molecule has 1 aliphatic carbocycles. The van der Waals surface area contributed by atoms with E-state index >= 15 is 0 Å². The minimum atomic E-state index is -0.120. The molecule has 4 aromatic heterocycles. The number of allylic oxidation sites excluding steroid dienone is 1. The van der Waals surface area contributed by atoms with Crippen LogP contribution >= 0.6 is 11.3 Å². The molecule has 1 aliphatic heterocycles. The molecule has 6 rings (SSSR count). The number of hydrogen-bond donors (Lipinski definition) is 2. The third kappa shape index (κ3) is 3.96. The monoisotopic (exact) mass is 486 g/mol. The molecule has 180 valence electrons. The van der Waals surface area contributed by atoms with Gasteiger partial charge in [-0.25, -0.2) is 4.98 Å². The predicted molar refractivity (Wildman–Crippen MR) is 144 cm³/mol. The predicted octanol–water partition coefficient (Wildman–Crippen LogP) is 6.49. The fraction of sp³-hybridized carbons (Fsp3) is 0.393. The molecular formula is C28H30N4O2S. The molecule has 1 saturated carbocycles. The zero-order chi connectivity index (χ0) is 24.1. The van der Waals surface area contributed by atoms with Gasteiger partial charge in [0.25, 0.3) is 0 Å². The van der Waals surface area contributed by atoms with E-state index in [1.807, 2.05) is 30.9 Å². The van der Waals surface area contributed by atoms with E-state index in [-0.39, 0.29) is 12.1 Å². The number of aliphatic hydroxyl groups is 1. The molecule has 0 saturated heterocycles. The third-order valence-corrected chi connectivity index (χ3v) is 8.92. The Balaban J connectivity index is 1.33. The minimum Gasteiger partial charge on any atom is -0.452 e. The number of nitrogens with two attached hydrogens (primary N) is 1. The average Bonchev–Trinajstić information content (AvgIpc) is 3.50. The van der Waals surface area contributed by atoms with E-state index in [1.165, 1.54) is 5.57 Å². The van der Waals surface area contributed by atoms with E-state index in [1.54, 1.807) is 11.3 Å². The van der Waals surface area contributed by atoms with Crippen molar-refractivity contribution >= 4 is 50.0 Å². The highest BCUT2D eigenvalue weighted by Gasteiger charge is 2.31. The molecule has 6 nitrogen and oxygen atoms in total. The molecular weight excluding hydrogens is 456 g/mol. The lowest BCUT2D eigenvalue weighted by Gasteiger charge is -2.34. The molecule has 35 heavy (non-hydrogen) atoms. The molecule has 0 radical (unpaired) electrons. The number of aliphatic hydroxyl groups excluding tert-OH is 1. The fourth-order valence-corrected chi connectivity index (χ4v) is 6.70. The highest BCUT2D eigenvalue weighted by molar-refractivity contribution is 7.17. The van der Waals surface area contributed by atoms with Gasteiger partial charge in [0, 0.05) is 57.7 Å². The minimum absolute atomic E-state index is 0.120. The van der Waals surface area contributed by atoms with Crippen molar-refractivity contribution in [1.82, 2.24) is 9.97 Å². The maximum absolute atomic E-state index is 9.88. The Bertz CT molecular complexity index is 1460. The van der Waals surface area contributed by atoms with Gasteiger partial charge < -0.3 is 15.3 Å². The number of fused-ring (bicyclic) bond motifs is 2. The van der Waals surface area contributed by atoms with Crippen LogP contribution in [0.5, 0.6) is 0 Å². The van der Waals surface area contributed by atoms with E-state index in [9.17, 15) is 5.11 Å². The van der Waals surface area contributed by atoms with Crippen molar-refractivity contribution in [2.75, 3.05) is 5.73 Å². The molecule has 1 fully saturated rings. The van der Waals surface area contributed by atoms with E-state index in [0.29, 0.717) is 23.2 Å². The first kappa shape index (κ1) is 22.4. The summed E-state index contributed by atoms with van der Waals surface area (Å²) in [5.74, 6) is 2.32. The van der Waals surface area contributed by atoms with Gasteiger partial charge in [0.15, 0.2) is 11.4 Å². The summed E-state index contributed by atoms with van der Waals surface area (Å²) in [5, 5.41) is 14.1. The van der Waals surface area contributed by atoms with Gasteiger partial charge in [-0.1, -0.05) is 12.5 Å². The molecule has 4 aromatic rings. The van der Waals surface area contributed by atoms with Crippen molar-refractivity contribution in [1.29, 1.82) is 0 Å². The van der Waals surface area contributed by atoms with E-state index in [0.717, 1.165) is 70.0 Å². The molecule has 0 spiro atoms. The van der Waals surface area contributed by atoms with Gasteiger partial charge in [0.05, 0.1) is 16.8 Å². The topological polar surface area (TPSA) is 97.5 Å². The second-order valence-electron chi connectivity index (χ2n) is 10.1. The SMILES string of the molecule is CC1=C(c2cnc(N)c3oc(-c4csc5cnccc45)cc23)C=NC(C(C)C2CCC(O)CC2)C1. The summed E-state index contributed by atoms with van der Waals surface area (Å²) in [6.07, 6.45) is 12.4. The van der Waals surface area contributed by atoms with Crippen molar-refractivity contribution < 1.29 is 9.52 Å². The van der Waals surface area contributed by atoms with Crippen LogP contribution < -0.4 is 5.73 Å². The van der Waals surface area contributed by atoms with Crippen molar-refractivity contribution in [3.63, 3.8) is 0 Å². The molecule has 0 aromatic carbocycles. The van der Waals surface area contributed by atoms with Gasteiger partial charge in [-0.15, -0.1) is 11.3 Å². The molecule has 2 aliphatic rings. The Morgan fingerprint density at radius 1 is 1.14 bits per heavy atom. The molecule has 5 heterocycles. The number of anilines is 1. The van der Waals surface area contributed by atoms with Crippen LogP contribution in [0.25, 0.3) is 38.0 Å². The summed E-state index contributed by atoms with van der Waals surface area (Å²) in [5.41, 5.74) is 11.3. The zero-order valence-corrected chi connectivity index (χ0v) is 20.9. The summed E-state index contributed by atoms with van der Waals surface area (Å²) in [6, 6.07) is 4.38. The number of pyridine rings is 2. The van der Waals surface area contributed by atoms with Crippen molar-refractivity contribution in [2.24, 2.45) is 16.8 Å². The molecule has 7 heteroatoms. The number of aromatic nitrogens is 2. The Hall–Kier alpha value is -3.03. The molecule has 0 bridgehead atoms. The first-order chi connectivity index (χ1) is 17.0. The van der Waals surface area contributed by atoms with Gasteiger partial charge in [-0.2, -0.15) is 0 Å². The quantitative estimate of drug-likeness (QED) is 0.343. The Labute approximate surface area is 208 Å². The largest absolute Gasteiger partial charge is 0.452 e. The van der Waals surface area contributed by atoms with Gasteiger partial charge in [-0.05, 0) is 63.0 Å². The Morgan fingerprint density at radius 2 is 1.97 bits per heavy atom. The van der Waals surface area contributed by atoms with Crippen LogP contribution in [0.1, 0.15) is 51.5 Å². The van der Waals surface area contributed by atoms with Gasteiger partial charge >= 0.3 is 0 Å². The Kier molecular flexibility index (Phi) is 5.69. The summed E-state index contributed by atoms with van der Waals surface area (Å²) < 4.78 is 7.40. The fourth-order valence-electron chi connectivity index (χ4n) is 5.78. The summed E-state index contributed by atoms with van der Waals surface area (Å²) in [6.45, 7) is 4.53. The number of dihydropyridines is 1. The average molecular weight is 487 g/mol. The number of aliphatic imine (C=N–C) groups is 1. The maximum atomic E-state index is 9.88. The van der Waals surface area contributed by atoms with E-state index in [4.69, 9.17) is 15.1 Å². The highest BCUT2D eigenvalue weighted by atomic mass is 32.1. The summed E-state index contributed by atoms with van der Waals surface area (Å²) >= 11 is 1.66. The second-order valence-corrected chi connectivity index (χ2v) is 11.0. The number of nitrogens with zero attached hydrogens (tertiary/aromatic N) is 3. The number of furan rings is 1. The van der Waals surface area contributed by atoms with Crippen LogP contribution in [0.3, 0.4) is 0 Å². The molecule has 0 amide bonds. The van der Waals surface area contributed by atoms with Crippen LogP contribution in [0.4, 0.5) is 5.82 Å². The van der Waals surface area contributed by atoms with Crippen molar-refractivity contribution in [3.8, 4) is 11.3 Å². The first-order valence-electron chi connectivity index (χ1n) is 12.4. The number of hydrogen-bond acceptors (Lipinski definition) is 7. The van der Waals surface area contributed by atoms with Crippen LogP contribution in [-0.2, 0) is 0 Å². The number of thiophene rings is 1. The summed E-state index contributed by atoms with van der Waals surface area (Å²) in [7, 11) is 0. The van der Waals surface area contributed by atoms with E-state index in [2.05, 4.69) is 35.3 Å². The van der Waals surface area contributed by atoms with Gasteiger partial charge in [0.2, 0.25) is 0 Å². The normalized spacial score (nSPS) is 23.9. The molecule has 3 N–H and O–H groups in total. The number of nitrogen functional groups attached to an aromatic ring is 1. The lowest BCUT2D eigenvalue weighted by Crippen LogP contribution is -2.30. The lowest BCUT2D eigenvalue weighted by atomic mass is 9.75. The van der Waals surface area contributed by atoms with Crippen LogP contribution in [-0.4, -0.2) is 33.4 Å². The number of rotatable bonds is 4. The standard InChI is InChI=1S/C28H30N4O2S/c1-15-9-24(16(2)17-3-5-18(33)6-4-17)31-11-21(15)22-12-32-28(29)27-20(22)10-25(34-27)23-14-35-26-13-30-8-7-19(23)26/h7-8,10-14,16-18,24,33H,3-6,9H2,1-2H3,(H2,29,32). The van der Waals surface area contributed by atoms with Crippen LogP contribution in [0.2, 0.25) is 0 Å². The van der Waals surface area contributed by atoms with Crippen molar-refractivity contribution in [2.45, 2.75) is 58.1 Å². The lowest BCUT2D eigenvalue weighted by molar-refractivity contribution is 0.0890. The van der Waals surface area contributed by atoms with Crippen LogP contribution in [0.15, 0.2) is 51.1 Å². The van der Waals surface area contributed by atoms with Crippen molar-refractivity contribution in [3.05, 3.63) is 47.2 Å². The first-order valence-corrected chi connectivity index (χ1v) is 13.3. The zero-order valence-electron chi connectivity index (χ0n) is 20.1. The Morgan fingerprint density at radius 3 is 2.77 bits per heavy atom. The molecule has 2 unspecified atom stereocenters. The summed E-state index contributed by atoms with van der Waals surface area (Å²) in [4.78, 5) is 13.7. The van der Waals surface area contributed by atoms with Gasteiger partial charge in [-0.3, -0.25) is 9.98 Å². The van der Waals surface area contributed by atoms with Gasteiger partial charge in [0.1, 0.15) is 5.76 Å². The molecule has 2 atom stereocenters. The second kappa shape index (κ2) is 8.88. The van der Waals surface area contributed by atoms with E-state index < -0.39 is 0 Å².